The molecule has 0 radical (unpaired) electrons. The Hall–Kier alpha value is -1.17. The van der Waals surface area contributed by atoms with E-state index in [1.54, 1.807) is 18.5 Å². The maximum Gasteiger partial charge on any atom is 0.183 e. The van der Waals surface area contributed by atoms with E-state index in [4.69, 9.17) is 15.2 Å². The van der Waals surface area contributed by atoms with E-state index in [1.165, 1.54) is 14.2 Å². The molecule has 1 unspecified atom stereocenters. The van der Waals surface area contributed by atoms with Gasteiger partial charge in [-0.25, -0.2) is 0 Å². The predicted molar refractivity (Wildman–Crippen MR) is 56.2 cm³/mol. The van der Waals surface area contributed by atoms with Crippen molar-refractivity contribution in [2.75, 3.05) is 20.0 Å². The minimum absolute atomic E-state index is 0.353. The lowest BCUT2D eigenvalue weighted by molar-refractivity contribution is -0.163. The Kier molecular flexibility index (Phi) is 4.48. The van der Waals surface area contributed by atoms with Crippen LogP contribution in [0.15, 0.2) is 18.5 Å². The molecule has 1 heterocycles. The van der Waals surface area contributed by atoms with Crippen LogP contribution in [0.25, 0.3) is 0 Å². The van der Waals surface area contributed by atoms with Gasteiger partial charge in [-0.2, -0.15) is 0 Å². The maximum absolute atomic E-state index is 9.75. The Bertz CT molecular complexity index is 302. The van der Waals surface area contributed by atoms with Crippen LogP contribution in [0.2, 0.25) is 0 Å². The number of nitrogens with zero attached hydrogens (tertiary/aromatic N) is 1. The Morgan fingerprint density at radius 3 is 2.67 bits per heavy atom. The van der Waals surface area contributed by atoms with Crippen molar-refractivity contribution in [3.8, 4) is 0 Å². The molecule has 1 atom stereocenters. The van der Waals surface area contributed by atoms with Crippen molar-refractivity contribution >= 4 is 5.69 Å². The number of aliphatic hydroxyl groups excluding tert-OH is 1. The van der Waals surface area contributed by atoms with Crippen LogP contribution in [-0.4, -0.2) is 36.7 Å². The van der Waals surface area contributed by atoms with Gasteiger partial charge in [0.15, 0.2) is 6.29 Å². The van der Waals surface area contributed by atoms with Crippen LogP contribution in [0.3, 0.4) is 0 Å². The Labute approximate surface area is 88.8 Å². The van der Waals surface area contributed by atoms with Gasteiger partial charge in [-0.3, -0.25) is 4.98 Å². The van der Waals surface area contributed by atoms with Gasteiger partial charge in [0.05, 0.1) is 0 Å². The highest BCUT2D eigenvalue weighted by atomic mass is 16.7. The van der Waals surface area contributed by atoms with Crippen LogP contribution in [0.1, 0.15) is 5.56 Å². The van der Waals surface area contributed by atoms with Gasteiger partial charge >= 0.3 is 0 Å². The second kappa shape index (κ2) is 5.65. The molecule has 0 saturated heterocycles. The first kappa shape index (κ1) is 11.9. The lowest BCUT2D eigenvalue weighted by Gasteiger charge is -2.20. The molecule has 0 aromatic carbocycles. The number of rotatable bonds is 5. The second-order valence-corrected chi connectivity index (χ2v) is 3.19. The molecule has 0 bridgehead atoms. The van der Waals surface area contributed by atoms with E-state index in [2.05, 4.69) is 4.98 Å². The van der Waals surface area contributed by atoms with Crippen molar-refractivity contribution in [1.29, 1.82) is 0 Å². The summed E-state index contributed by atoms with van der Waals surface area (Å²) in [6.07, 6.45) is 2.18. The number of nitrogen functional groups attached to an aromatic ring is 1. The van der Waals surface area contributed by atoms with Crippen molar-refractivity contribution in [3.63, 3.8) is 0 Å². The molecule has 0 fully saturated rings. The predicted octanol–water partition coefficient (Wildman–Crippen LogP) is 0.186. The van der Waals surface area contributed by atoms with Crippen LogP contribution in [0, 0.1) is 0 Å². The quantitative estimate of drug-likeness (QED) is 0.681. The molecule has 15 heavy (non-hydrogen) atoms. The van der Waals surface area contributed by atoms with E-state index in [0.717, 1.165) is 5.56 Å². The van der Waals surface area contributed by atoms with E-state index < -0.39 is 12.4 Å². The van der Waals surface area contributed by atoms with Gasteiger partial charge in [-0.05, 0) is 11.6 Å². The molecule has 0 aliphatic carbocycles. The molecule has 5 nitrogen and oxygen atoms in total. The molecular formula is C10H16N2O3. The van der Waals surface area contributed by atoms with E-state index in [9.17, 15) is 5.11 Å². The van der Waals surface area contributed by atoms with Crippen LogP contribution in [0.5, 0.6) is 0 Å². The van der Waals surface area contributed by atoms with E-state index in [0.29, 0.717) is 12.1 Å². The molecule has 0 aliphatic heterocycles. The highest BCUT2D eigenvalue weighted by molar-refractivity contribution is 5.44. The molecule has 0 saturated carbocycles. The average Bonchev–Trinajstić information content (AvgIpc) is 2.23. The van der Waals surface area contributed by atoms with Crippen LogP contribution in [-0.2, 0) is 15.9 Å². The Morgan fingerprint density at radius 1 is 1.47 bits per heavy atom. The largest absolute Gasteiger partial charge is 0.398 e. The summed E-state index contributed by atoms with van der Waals surface area (Å²) in [5, 5.41) is 9.75. The first-order chi connectivity index (χ1) is 7.19. The SMILES string of the molecule is COC(OC)C(O)Cc1cnccc1N. The standard InChI is InChI=1S/C10H16N2O3/c1-14-10(15-2)9(13)5-7-6-12-4-3-8(7)11/h3-4,6,9-10,13H,5H2,1-2H3,(H2,11,12). The Morgan fingerprint density at radius 2 is 2.13 bits per heavy atom. The fourth-order valence-electron chi connectivity index (χ4n) is 1.34. The van der Waals surface area contributed by atoms with Crippen LogP contribution >= 0.6 is 0 Å². The Balaban J connectivity index is 2.65. The summed E-state index contributed by atoms with van der Waals surface area (Å²) in [7, 11) is 2.95. The van der Waals surface area contributed by atoms with Crippen molar-refractivity contribution in [1.82, 2.24) is 4.98 Å². The second-order valence-electron chi connectivity index (χ2n) is 3.19. The van der Waals surface area contributed by atoms with Gasteiger partial charge in [-0.15, -0.1) is 0 Å². The van der Waals surface area contributed by atoms with Crippen molar-refractivity contribution in [2.24, 2.45) is 0 Å². The number of hydrogen-bond acceptors (Lipinski definition) is 5. The fraction of sp³-hybridized carbons (Fsp3) is 0.500. The summed E-state index contributed by atoms with van der Waals surface area (Å²) >= 11 is 0. The molecule has 1 rings (SSSR count). The summed E-state index contributed by atoms with van der Waals surface area (Å²) in [6, 6.07) is 1.69. The third-order valence-corrected chi connectivity index (χ3v) is 2.15. The summed E-state index contributed by atoms with van der Waals surface area (Å²) in [6.45, 7) is 0. The van der Waals surface area contributed by atoms with E-state index in [-0.39, 0.29) is 0 Å². The van der Waals surface area contributed by atoms with Gasteiger partial charge in [0, 0.05) is 38.7 Å². The minimum Gasteiger partial charge on any atom is -0.398 e. The zero-order valence-corrected chi connectivity index (χ0v) is 8.88. The number of methoxy groups -OCH3 is 2. The van der Waals surface area contributed by atoms with Gasteiger partial charge < -0.3 is 20.3 Å². The number of aliphatic hydroxyl groups is 1. The topological polar surface area (TPSA) is 77.6 Å². The summed E-state index contributed by atoms with van der Waals surface area (Å²) in [5.41, 5.74) is 7.11. The number of hydrogen-bond donors (Lipinski definition) is 2. The van der Waals surface area contributed by atoms with E-state index >= 15 is 0 Å². The molecule has 0 amide bonds. The molecular weight excluding hydrogens is 196 g/mol. The number of aromatic nitrogens is 1. The van der Waals surface area contributed by atoms with Gasteiger partial charge in [0.1, 0.15) is 6.10 Å². The van der Waals surface area contributed by atoms with Crippen molar-refractivity contribution in [2.45, 2.75) is 18.8 Å². The van der Waals surface area contributed by atoms with Gasteiger partial charge in [0.2, 0.25) is 0 Å². The smallest absolute Gasteiger partial charge is 0.183 e. The lowest BCUT2D eigenvalue weighted by Crippen LogP contribution is -2.31. The molecule has 3 N–H and O–H groups in total. The van der Waals surface area contributed by atoms with Crippen molar-refractivity contribution < 1.29 is 14.6 Å². The normalized spacial score (nSPS) is 13.1. The third kappa shape index (κ3) is 3.16. The zero-order chi connectivity index (χ0) is 11.3. The highest BCUT2D eigenvalue weighted by Gasteiger charge is 2.19. The molecule has 0 spiro atoms. The lowest BCUT2D eigenvalue weighted by atomic mass is 10.1. The summed E-state index contributed by atoms with van der Waals surface area (Å²) in [5.74, 6) is 0. The van der Waals surface area contributed by atoms with Gasteiger partial charge in [-0.1, -0.05) is 0 Å². The molecule has 84 valence electrons. The molecule has 1 aromatic heterocycles. The fourth-order valence-corrected chi connectivity index (χ4v) is 1.34. The first-order valence-corrected chi connectivity index (χ1v) is 4.61. The number of anilines is 1. The minimum atomic E-state index is -0.758. The average molecular weight is 212 g/mol. The molecule has 0 aliphatic rings. The third-order valence-electron chi connectivity index (χ3n) is 2.15. The number of pyridine rings is 1. The highest BCUT2D eigenvalue weighted by Crippen LogP contribution is 2.13. The van der Waals surface area contributed by atoms with Crippen LogP contribution < -0.4 is 5.73 Å². The van der Waals surface area contributed by atoms with E-state index in [1.807, 2.05) is 0 Å². The van der Waals surface area contributed by atoms with Crippen molar-refractivity contribution in [3.05, 3.63) is 24.0 Å². The number of nitrogens with two attached hydrogens (primary N) is 1. The molecule has 1 aromatic rings. The monoisotopic (exact) mass is 212 g/mol. The summed E-state index contributed by atoms with van der Waals surface area (Å²) < 4.78 is 9.88. The zero-order valence-electron chi connectivity index (χ0n) is 8.88. The molecule has 5 heteroatoms. The van der Waals surface area contributed by atoms with Gasteiger partial charge in [0.25, 0.3) is 0 Å². The summed E-state index contributed by atoms with van der Waals surface area (Å²) in [4.78, 5) is 3.94. The number of ether oxygens (including phenoxy) is 2. The van der Waals surface area contributed by atoms with Crippen LogP contribution in [0.4, 0.5) is 5.69 Å². The maximum atomic E-state index is 9.75. The first-order valence-electron chi connectivity index (χ1n) is 4.61.